The van der Waals surface area contributed by atoms with Crippen LogP contribution < -0.4 is 9.64 Å². The minimum Gasteiger partial charge on any atom is -0.495 e. The minimum absolute atomic E-state index is 0.0843. The van der Waals surface area contributed by atoms with Gasteiger partial charge in [0.15, 0.2) is 0 Å². The lowest BCUT2D eigenvalue weighted by Crippen LogP contribution is -2.47. The van der Waals surface area contributed by atoms with E-state index in [1.165, 1.54) is 18.5 Å². The number of ether oxygens (including phenoxy) is 2. The summed E-state index contributed by atoms with van der Waals surface area (Å²) >= 11 is 0. The molecule has 1 spiro atoms. The zero-order valence-electron chi connectivity index (χ0n) is 15.8. The van der Waals surface area contributed by atoms with Crippen LogP contribution in [0.5, 0.6) is 5.75 Å². The van der Waals surface area contributed by atoms with Crippen LogP contribution in [0.2, 0.25) is 0 Å². The lowest BCUT2D eigenvalue weighted by Gasteiger charge is -2.36. The van der Waals surface area contributed by atoms with Gasteiger partial charge in [-0.3, -0.25) is 9.69 Å². The summed E-state index contributed by atoms with van der Waals surface area (Å²) in [6.45, 7) is 5.13. The van der Waals surface area contributed by atoms with E-state index >= 15 is 0 Å². The highest BCUT2D eigenvalue weighted by molar-refractivity contribution is 5.79. The number of anilines is 1. The molecule has 5 nitrogen and oxygen atoms in total. The molecule has 0 amide bonds. The van der Waals surface area contributed by atoms with Gasteiger partial charge in [0.2, 0.25) is 0 Å². The van der Waals surface area contributed by atoms with Crippen LogP contribution in [-0.2, 0) is 9.53 Å². The molecule has 0 aromatic heterocycles. The topological polar surface area (TPSA) is 42.0 Å². The van der Waals surface area contributed by atoms with Crippen molar-refractivity contribution in [2.45, 2.75) is 44.6 Å². The van der Waals surface area contributed by atoms with Crippen LogP contribution in [0.3, 0.4) is 0 Å². The second-order valence-corrected chi connectivity index (χ2v) is 8.01. The molecule has 3 fully saturated rings. The van der Waals surface area contributed by atoms with E-state index in [4.69, 9.17) is 9.47 Å². The maximum Gasteiger partial charge on any atom is 0.312 e. The van der Waals surface area contributed by atoms with Gasteiger partial charge in [-0.05, 0) is 31.4 Å². The third-order valence-corrected chi connectivity index (χ3v) is 6.45. The predicted molar refractivity (Wildman–Crippen MR) is 102 cm³/mol. The van der Waals surface area contributed by atoms with Crippen LogP contribution in [0.25, 0.3) is 0 Å². The van der Waals surface area contributed by atoms with Gasteiger partial charge in [-0.1, -0.05) is 25.0 Å². The van der Waals surface area contributed by atoms with Gasteiger partial charge < -0.3 is 14.4 Å². The molecule has 5 heteroatoms. The summed E-state index contributed by atoms with van der Waals surface area (Å²) in [7, 11) is 1.73. The third kappa shape index (κ3) is 3.41. The molecule has 142 valence electrons. The Kier molecular flexibility index (Phi) is 5.07. The van der Waals surface area contributed by atoms with E-state index in [1.54, 1.807) is 7.11 Å². The van der Waals surface area contributed by atoms with Gasteiger partial charge in [0.25, 0.3) is 0 Å². The number of rotatable bonds is 5. The molecular formula is C21H30N2O3. The Morgan fingerprint density at radius 2 is 1.88 bits per heavy atom. The second kappa shape index (κ2) is 7.47. The highest BCUT2D eigenvalue weighted by Gasteiger charge is 2.50. The molecule has 0 N–H and O–H groups in total. The molecule has 1 atom stereocenters. The van der Waals surface area contributed by atoms with Gasteiger partial charge in [-0.25, -0.2) is 0 Å². The number of cyclic esters (lactones) is 1. The Balaban J connectivity index is 1.25. The summed E-state index contributed by atoms with van der Waals surface area (Å²) in [5.74, 6) is 1.03. The van der Waals surface area contributed by atoms with E-state index in [9.17, 15) is 4.79 Å². The Hall–Kier alpha value is -1.75. The molecule has 2 heterocycles. The highest BCUT2D eigenvalue weighted by Crippen LogP contribution is 2.48. The van der Waals surface area contributed by atoms with Gasteiger partial charge >= 0.3 is 5.97 Å². The smallest absolute Gasteiger partial charge is 0.312 e. The fourth-order valence-corrected chi connectivity index (χ4v) is 4.89. The Morgan fingerprint density at radius 1 is 1.15 bits per heavy atom. The van der Waals surface area contributed by atoms with E-state index in [2.05, 4.69) is 21.9 Å². The molecule has 1 saturated carbocycles. The van der Waals surface area contributed by atoms with Crippen molar-refractivity contribution in [2.24, 2.45) is 5.41 Å². The molecule has 0 radical (unpaired) electrons. The summed E-state index contributed by atoms with van der Waals surface area (Å²) in [5, 5.41) is 0. The van der Waals surface area contributed by atoms with Gasteiger partial charge in [0, 0.05) is 39.1 Å². The first-order valence-electron chi connectivity index (χ1n) is 10.0. The maximum absolute atomic E-state index is 12.3. The molecule has 1 aromatic rings. The average molecular weight is 358 g/mol. The standard InChI is InChI=1S/C21H30N2O3/c1-25-19-7-3-2-6-18(19)23-14-12-22(13-15-23)11-8-17-16-21(20(24)26-17)9-4-5-10-21/h2-3,6-7,17H,4-5,8-16H2,1H3/t17-/m1/s1. The summed E-state index contributed by atoms with van der Waals surface area (Å²) in [4.78, 5) is 17.2. The fraction of sp³-hybridized carbons (Fsp3) is 0.667. The summed E-state index contributed by atoms with van der Waals surface area (Å²) in [6, 6.07) is 8.23. The number of carbonyl (C=O) groups excluding carboxylic acids is 1. The van der Waals surface area contributed by atoms with Crippen molar-refractivity contribution < 1.29 is 14.3 Å². The quantitative estimate of drug-likeness (QED) is 0.757. The normalized spacial score (nSPS) is 25.7. The molecular weight excluding hydrogens is 328 g/mol. The fourth-order valence-electron chi connectivity index (χ4n) is 4.89. The summed E-state index contributed by atoms with van der Waals surface area (Å²) < 4.78 is 11.2. The van der Waals surface area contributed by atoms with Crippen LogP contribution >= 0.6 is 0 Å². The molecule has 0 unspecified atom stereocenters. The van der Waals surface area contributed by atoms with Gasteiger partial charge in [-0.2, -0.15) is 0 Å². The number of hydrogen-bond acceptors (Lipinski definition) is 5. The SMILES string of the molecule is COc1ccccc1N1CCN(CC[C@@H]2CC3(CCCC3)C(=O)O2)CC1. The van der Waals surface area contributed by atoms with Crippen molar-refractivity contribution in [3.05, 3.63) is 24.3 Å². The number of para-hydroxylation sites is 2. The molecule has 2 aliphatic heterocycles. The Morgan fingerprint density at radius 3 is 2.62 bits per heavy atom. The number of piperazine rings is 1. The minimum atomic E-state index is -0.118. The van der Waals surface area contributed by atoms with E-state index in [1.807, 2.05) is 12.1 Å². The lowest BCUT2D eigenvalue weighted by molar-refractivity contribution is -0.148. The third-order valence-electron chi connectivity index (χ3n) is 6.45. The first-order chi connectivity index (χ1) is 12.7. The molecule has 1 aliphatic carbocycles. The summed E-state index contributed by atoms with van der Waals surface area (Å²) in [6.07, 6.45) is 6.52. The van der Waals surface area contributed by atoms with Crippen molar-refractivity contribution in [3.63, 3.8) is 0 Å². The van der Waals surface area contributed by atoms with Crippen molar-refractivity contribution in [1.82, 2.24) is 4.90 Å². The number of esters is 1. The van der Waals surface area contributed by atoms with E-state index in [-0.39, 0.29) is 17.5 Å². The van der Waals surface area contributed by atoms with Crippen molar-refractivity contribution >= 4 is 11.7 Å². The van der Waals surface area contributed by atoms with Crippen molar-refractivity contribution in [1.29, 1.82) is 0 Å². The highest BCUT2D eigenvalue weighted by atomic mass is 16.6. The van der Waals surface area contributed by atoms with E-state index in [0.717, 1.165) is 64.2 Å². The number of nitrogens with zero attached hydrogens (tertiary/aromatic N) is 2. The maximum atomic E-state index is 12.3. The molecule has 4 rings (SSSR count). The first-order valence-corrected chi connectivity index (χ1v) is 10.0. The Bertz CT molecular complexity index is 634. The monoisotopic (exact) mass is 358 g/mol. The van der Waals surface area contributed by atoms with Crippen LogP contribution in [0.15, 0.2) is 24.3 Å². The molecule has 3 aliphatic rings. The zero-order valence-corrected chi connectivity index (χ0v) is 15.8. The van der Waals surface area contributed by atoms with E-state index < -0.39 is 0 Å². The number of benzene rings is 1. The molecule has 26 heavy (non-hydrogen) atoms. The summed E-state index contributed by atoms with van der Waals surface area (Å²) in [5.41, 5.74) is 1.07. The van der Waals surface area contributed by atoms with E-state index in [0.29, 0.717) is 0 Å². The number of hydrogen-bond donors (Lipinski definition) is 0. The van der Waals surface area contributed by atoms with Gasteiger partial charge in [-0.15, -0.1) is 0 Å². The number of methoxy groups -OCH3 is 1. The predicted octanol–water partition coefficient (Wildman–Crippen LogP) is 3.08. The average Bonchev–Trinajstić information content (AvgIpc) is 3.28. The Labute approximate surface area is 156 Å². The molecule has 0 bridgehead atoms. The van der Waals surface area contributed by atoms with Crippen LogP contribution in [-0.4, -0.2) is 56.8 Å². The first kappa shape index (κ1) is 17.7. The van der Waals surface area contributed by atoms with Crippen molar-refractivity contribution in [3.8, 4) is 5.75 Å². The van der Waals surface area contributed by atoms with Gasteiger partial charge in [0.05, 0.1) is 18.2 Å². The molecule has 1 aromatic carbocycles. The van der Waals surface area contributed by atoms with Crippen LogP contribution in [0.4, 0.5) is 5.69 Å². The lowest BCUT2D eigenvalue weighted by atomic mass is 9.83. The van der Waals surface area contributed by atoms with Crippen molar-refractivity contribution in [2.75, 3.05) is 44.7 Å². The van der Waals surface area contributed by atoms with Gasteiger partial charge in [0.1, 0.15) is 11.9 Å². The number of carbonyl (C=O) groups is 1. The largest absolute Gasteiger partial charge is 0.495 e. The van der Waals surface area contributed by atoms with Crippen LogP contribution in [0.1, 0.15) is 38.5 Å². The molecule has 2 saturated heterocycles. The van der Waals surface area contributed by atoms with Crippen LogP contribution in [0, 0.1) is 5.41 Å². The zero-order chi connectivity index (χ0) is 18.0. The second-order valence-electron chi connectivity index (χ2n) is 8.01.